The molecule has 0 spiro atoms. The molecule has 1 aromatic rings. The number of amides is 1. The predicted octanol–water partition coefficient (Wildman–Crippen LogP) is 2.58. The SMILES string of the molecule is Cc1ccc(C(=O)NCC(O)C2CCCC2)cc1C. The van der Waals surface area contributed by atoms with Crippen LogP contribution in [0.2, 0.25) is 0 Å². The van der Waals surface area contributed by atoms with Crippen molar-refractivity contribution in [3.05, 3.63) is 34.9 Å². The molecule has 1 aliphatic carbocycles. The number of aliphatic hydroxyl groups is 1. The van der Waals surface area contributed by atoms with Gasteiger partial charge in [0.15, 0.2) is 0 Å². The van der Waals surface area contributed by atoms with Crippen molar-refractivity contribution in [2.75, 3.05) is 6.54 Å². The minimum absolute atomic E-state index is 0.0971. The Balaban J connectivity index is 1.88. The smallest absolute Gasteiger partial charge is 0.251 e. The molecule has 3 heteroatoms. The molecule has 0 radical (unpaired) electrons. The summed E-state index contributed by atoms with van der Waals surface area (Å²) in [7, 11) is 0. The molecule has 2 N–H and O–H groups in total. The molecular weight excluding hydrogens is 238 g/mol. The van der Waals surface area contributed by atoms with Crippen molar-refractivity contribution in [3.8, 4) is 0 Å². The monoisotopic (exact) mass is 261 g/mol. The Morgan fingerprint density at radius 1 is 1.32 bits per heavy atom. The van der Waals surface area contributed by atoms with Crippen molar-refractivity contribution in [1.82, 2.24) is 5.32 Å². The molecule has 0 bridgehead atoms. The molecule has 0 aromatic heterocycles. The van der Waals surface area contributed by atoms with Crippen LogP contribution in [-0.2, 0) is 0 Å². The van der Waals surface area contributed by atoms with E-state index in [4.69, 9.17) is 0 Å². The van der Waals surface area contributed by atoms with E-state index < -0.39 is 6.10 Å². The first-order valence-corrected chi connectivity index (χ1v) is 7.11. The van der Waals surface area contributed by atoms with E-state index in [1.165, 1.54) is 18.4 Å². The highest BCUT2D eigenvalue weighted by molar-refractivity contribution is 5.94. The van der Waals surface area contributed by atoms with Crippen molar-refractivity contribution in [2.45, 2.75) is 45.6 Å². The number of hydrogen-bond donors (Lipinski definition) is 2. The molecule has 1 fully saturated rings. The summed E-state index contributed by atoms with van der Waals surface area (Å²) in [5, 5.41) is 12.9. The highest BCUT2D eigenvalue weighted by Gasteiger charge is 2.23. The average molecular weight is 261 g/mol. The van der Waals surface area contributed by atoms with Gasteiger partial charge in [0.05, 0.1) is 6.10 Å². The topological polar surface area (TPSA) is 49.3 Å². The van der Waals surface area contributed by atoms with E-state index in [2.05, 4.69) is 5.32 Å². The average Bonchev–Trinajstić information content (AvgIpc) is 2.92. The first-order valence-electron chi connectivity index (χ1n) is 7.11. The van der Waals surface area contributed by atoms with Gasteiger partial charge in [-0.2, -0.15) is 0 Å². The van der Waals surface area contributed by atoms with E-state index in [1.807, 2.05) is 32.0 Å². The number of aryl methyl sites for hydroxylation is 2. The lowest BCUT2D eigenvalue weighted by atomic mass is 10.0. The quantitative estimate of drug-likeness (QED) is 0.875. The van der Waals surface area contributed by atoms with Crippen LogP contribution in [0, 0.1) is 19.8 Å². The summed E-state index contributed by atoms with van der Waals surface area (Å²) < 4.78 is 0. The Hall–Kier alpha value is -1.35. The summed E-state index contributed by atoms with van der Waals surface area (Å²) in [6.07, 6.45) is 4.17. The van der Waals surface area contributed by atoms with E-state index >= 15 is 0 Å². The number of aliphatic hydroxyl groups excluding tert-OH is 1. The Labute approximate surface area is 115 Å². The molecule has 19 heavy (non-hydrogen) atoms. The van der Waals surface area contributed by atoms with Crippen LogP contribution in [0.3, 0.4) is 0 Å². The van der Waals surface area contributed by atoms with Crippen LogP contribution in [0.4, 0.5) is 0 Å². The van der Waals surface area contributed by atoms with Crippen LogP contribution in [0.15, 0.2) is 18.2 Å². The van der Waals surface area contributed by atoms with Crippen LogP contribution in [-0.4, -0.2) is 23.7 Å². The number of rotatable bonds is 4. The van der Waals surface area contributed by atoms with E-state index in [1.54, 1.807) is 0 Å². The zero-order valence-corrected chi connectivity index (χ0v) is 11.8. The molecular formula is C16H23NO2. The van der Waals surface area contributed by atoms with Gasteiger partial charge in [0.25, 0.3) is 5.91 Å². The fourth-order valence-corrected chi connectivity index (χ4v) is 2.69. The van der Waals surface area contributed by atoms with Gasteiger partial charge in [0.1, 0.15) is 0 Å². The number of carbonyl (C=O) groups is 1. The summed E-state index contributed by atoms with van der Waals surface area (Å²) in [5.74, 6) is 0.264. The second kappa shape index (κ2) is 6.20. The number of carbonyl (C=O) groups excluding carboxylic acids is 1. The lowest BCUT2D eigenvalue weighted by Crippen LogP contribution is -2.35. The maximum atomic E-state index is 12.0. The molecule has 104 valence electrons. The third-order valence-electron chi connectivity index (χ3n) is 4.18. The van der Waals surface area contributed by atoms with Gasteiger partial charge < -0.3 is 10.4 Å². The summed E-state index contributed by atoms with van der Waals surface area (Å²) in [5.41, 5.74) is 2.97. The Morgan fingerprint density at radius 2 is 2.00 bits per heavy atom. The normalized spacial score (nSPS) is 17.4. The van der Waals surface area contributed by atoms with Crippen LogP contribution in [0.25, 0.3) is 0 Å². The maximum absolute atomic E-state index is 12.0. The van der Waals surface area contributed by atoms with Crippen molar-refractivity contribution < 1.29 is 9.90 Å². The largest absolute Gasteiger partial charge is 0.391 e. The maximum Gasteiger partial charge on any atom is 0.251 e. The molecule has 3 nitrogen and oxygen atoms in total. The predicted molar refractivity (Wildman–Crippen MR) is 76.2 cm³/mol. The van der Waals surface area contributed by atoms with Crippen molar-refractivity contribution in [3.63, 3.8) is 0 Å². The number of nitrogens with one attached hydrogen (secondary N) is 1. The van der Waals surface area contributed by atoms with E-state index in [0.29, 0.717) is 18.0 Å². The van der Waals surface area contributed by atoms with Crippen LogP contribution in [0.1, 0.15) is 47.2 Å². The first-order chi connectivity index (χ1) is 9.08. The van der Waals surface area contributed by atoms with Crippen molar-refractivity contribution in [1.29, 1.82) is 0 Å². The molecule has 0 heterocycles. The standard InChI is InChI=1S/C16H23NO2/c1-11-7-8-14(9-12(11)2)16(19)17-10-15(18)13-5-3-4-6-13/h7-9,13,15,18H,3-6,10H2,1-2H3,(H,17,19). The van der Waals surface area contributed by atoms with Gasteiger partial charge in [-0.25, -0.2) is 0 Å². The van der Waals surface area contributed by atoms with Gasteiger partial charge in [0.2, 0.25) is 0 Å². The highest BCUT2D eigenvalue weighted by atomic mass is 16.3. The fourth-order valence-electron chi connectivity index (χ4n) is 2.69. The minimum Gasteiger partial charge on any atom is -0.391 e. The van der Waals surface area contributed by atoms with E-state index in [0.717, 1.165) is 18.4 Å². The van der Waals surface area contributed by atoms with Gasteiger partial charge in [0, 0.05) is 12.1 Å². The lowest BCUT2D eigenvalue weighted by molar-refractivity contribution is 0.0840. The molecule has 1 saturated carbocycles. The molecule has 1 aliphatic rings. The van der Waals surface area contributed by atoms with Crippen LogP contribution < -0.4 is 5.32 Å². The Bertz CT molecular complexity index is 450. The molecule has 1 atom stereocenters. The zero-order valence-electron chi connectivity index (χ0n) is 11.8. The second-order valence-electron chi connectivity index (χ2n) is 5.62. The molecule has 1 unspecified atom stereocenters. The number of benzene rings is 1. The first kappa shape index (κ1) is 14.1. The fraction of sp³-hybridized carbons (Fsp3) is 0.562. The van der Waals surface area contributed by atoms with Gasteiger partial charge >= 0.3 is 0 Å². The highest BCUT2D eigenvalue weighted by Crippen LogP contribution is 2.27. The van der Waals surface area contributed by atoms with E-state index in [-0.39, 0.29) is 5.91 Å². The third kappa shape index (κ3) is 3.57. The van der Waals surface area contributed by atoms with Crippen molar-refractivity contribution >= 4 is 5.91 Å². The number of hydrogen-bond acceptors (Lipinski definition) is 2. The van der Waals surface area contributed by atoms with Crippen LogP contribution >= 0.6 is 0 Å². The van der Waals surface area contributed by atoms with Gasteiger partial charge in [-0.15, -0.1) is 0 Å². The summed E-state index contributed by atoms with van der Waals surface area (Å²) in [4.78, 5) is 12.0. The zero-order chi connectivity index (χ0) is 13.8. The van der Waals surface area contributed by atoms with Gasteiger partial charge in [-0.05, 0) is 55.9 Å². The van der Waals surface area contributed by atoms with Crippen LogP contribution in [0.5, 0.6) is 0 Å². The molecule has 1 amide bonds. The second-order valence-corrected chi connectivity index (χ2v) is 5.62. The Morgan fingerprint density at radius 3 is 2.63 bits per heavy atom. The third-order valence-corrected chi connectivity index (χ3v) is 4.18. The summed E-state index contributed by atoms with van der Waals surface area (Å²) in [6.45, 7) is 4.39. The van der Waals surface area contributed by atoms with E-state index in [9.17, 15) is 9.90 Å². The lowest BCUT2D eigenvalue weighted by Gasteiger charge is -2.18. The summed E-state index contributed by atoms with van der Waals surface area (Å²) in [6, 6.07) is 5.68. The minimum atomic E-state index is -0.405. The summed E-state index contributed by atoms with van der Waals surface area (Å²) >= 11 is 0. The Kier molecular flexibility index (Phi) is 4.59. The van der Waals surface area contributed by atoms with Gasteiger partial charge in [-0.3, -0.25) is 4.79 Å². The molecule has 0 aliphatic heterocycles. The van der Waals surface area contributed by atoms with Gasteiger partial charge in [-0.1, -0.05) is 18.9 Å². The molecule has 0 saturated heterocycles. The molecule has 2 rings (SSSR count). The molecule has 1 aromatic carbocycles. The van der Waals surface area contributed by atoms with Crippen molar-refractivity contribution in [2.24, 2.45) is 5.92 Å².